The van der Waals surface area contributed by atoms with Crippen molar-refractivity contribution >= 4 is 23.5 Å². The third kappa shape index (κ3) is 4.86. The fourth-order valence-electron chi connectivity index (χ4n) is 3.29. The number of halogens is 1. The van der Waals surface area contributed by atoms with Gasteiger partial charge in [-0.1, -0.05) is 60.1 Å². The molecule has 0 fully saturated rings. The van der Waals surface area contributed by atoms with E-state index in [9.17, 15) is 14.4 Å². The Morgan fingerprint density at radius 3 is 2.35 bits per heavy atom. The van der Waals surface area contributed by atoms with Gasteiger partial charge in [0.25, 0.3) is 11.5 Å². The lowest BCUT2D eigenvalue weighted by molar-refractivity contribution is -0.143. The lowest BCUT2D eigenvalue weighted by atomic mass is 10.1. The lowest BCUT2D eigenvalue weighted by Crippen LogP contribution is -2.39. The number of aryl methyl sites for hydroxylation is 1. The maximum Gasteiger partial charge on any atom is 0.333 e. The zero-order valence-electron chi connectivity index (χ0n) is 17.5. The van der Waals surface area contributed by atoms with Crippen molar-refractivity contribution in [3.8, 4) is 0 Å². The van der Waals surface area contributed by atoms with E-state index in [1.54, 1.807) is 36.4 Å². The minimum atomic E-state index is -1.03. The smallest absolute Gasteiger partial charge is 0.333 e. The summed E-state index contributed by atoms with van der Waals surface area (Å²) in [5, 5.41) is 3.18. The van der Waals surface area contributed by atoms with Crippen LogP contribution in [0.2, 0.25) is 5.02 Å². The van der Waals surface area contributed by atoms with Gasteiger partial charge in [0.1, 0.15) is 5.56 Å². The number of rotatable bonds is 6. The topological polar surface area (TPSA) is 77.4 Å². The predicted molar refractivity (Wildman–Crippen MR) is 119 cm³/mol. The number of esters is 1. The Bertz CT molecular complexity index is 1170. The molecule has 1 N–H and O–H groups in total. The zero-order chi connectivity index (χ0) is 22.5. The van der Waals surface area contributed by atoms with Gasteiger partial charge < -0.3 is 14.6 Å². The first-order valence-corrected chi connectivity index (χ1v) is 10.1. The number of pyridine rings is 1. The third-order valence-corrected chi connectivity index (χ3v) is 5.56. The molecule has 3 rings (SSSR count). The highest BCUT2D eigenvalue weighted by atomic mass is 35.5. The number of nitrogens with zero attached hydrogens (tertiary/aromatic N) is 1. The van der Waals surface area contributed by atoms with Crippen LogP contribution >= 0.6 is 11.6 Å². The van der Waals surface area contributed by atoms with Crippen LogP contribution in [-0.2, 0) is 16.1 Å². The van der Waals surface area contributed by atoms with Crippen LogP contribution < -0.4 is 10.9 Å². The van der Waals surface area contributed by atoms with Gasteiger partial charge in [-0.3, -0.25) is 9.59 Å². The van der Waals surface area contributed by atoms with Gasteiger partial charge in [0.2, 0.25) is 0 Å². The molecule has 0 bridgehead atoms. The van der Waals surface area contributed by atoms with Gasteiger partial charge in [-0.25, -0.2) is 4.79 Å². The first kappa shape index (κ1) is 22.3. The van der Waals surface area contributed by atoms with E-state index >= 15 is 0 Å². The molecule has 1 heterocycles. The first-order chi connectivity index (χ1) is 14.8. The Kier molecular flexibility index (Phi) is 6.92. The van der Waals surface area contributed by atoms with Crippen LogP contribution in [0.1, 0.15) is 38.8 Å². The zero-order valence-corrected chi connectivity index (χ0v) is 18.3. The SMILES string of the molecule is COC(=O)C(NC(=O)c1cc(C)c(C)n(Cc2ccccc2Cl)c1=O)c1ccccc1. The summed E-state index contributed by atoms with van der Waals surface area (Å²) in [6.45, 7) is 3.87. The van der Waals surface area contributed by atoms with Gasteiger partial charge in [0.05, 0.1) is 13.7 Å². The van der Waals surface area contributed by atoms with E-state index in [1.165, 1.54) is 17.7 Å². The van der Waals surface area contributed by atoms with Gasteiger partial charge in [-0.05, 0) is 42.7 Å². The summed E-state index contributed by atoms with van der Waals surface area (Å²) in [5.41, 5.74) is 2.31. The Morgan fingerprint density at radius 2 is 1.71 bits per heavy atom. The highest BCUT2D eigenvalue weighted by Crippen LogP contribution is 2.18. The van der Waals surface area contributed by atoms with Crippen molar-refractivity contribution < 1.29 is 14.3 Å². The van der Waals surface area contributed by atoms with Crippen molar-refractivity contribution in [3.63, 3.8) is 0 Å². The normalized spacial score (nSPS) is 11.6. The van der Waals surface area contributed by atoms with Crippen molar-refractivity contribution in [2.45, 2.75) is 26.4 Å². The van der Waals surface area contributed by atoms with Gasteiger partial charge in [-0.15, -0.1) is 0 Å². The molecule has 31 heavy (non-hydrogen) atoms. The number of methoxy groups -OCH3 is 1. The van der Waals surface area contributed by atoms with Crippen molar-refractivity contribution in [1.29, 1.82) is 0 Å². The molecular formula is C24H23ClN2O4. The number of aromatic nitrogens is 1. The number of amides is 1. The first-order valence-electron chi connectivity index (χ1n) is 9.71. The molecule has 3 aromatic rings. The highest BCUT2D eigenvalue weighted by Gasteiger charge is 2.26. The van der Waals surface area contributed by atoms with E-state index in [-0.39, 0.29) is 12.1 Å². The van der Waals surface area contributed by atoms with E-state index in [4.69, 9.17) is 16.3 Å². The summed E-state index contributed by atoms with van der Waals surface area (Å²) in [6, 6.07) is 16.5. The van der Waals surface area contributed by atoms with Crippen LogP contribution in [0.15, 0.2) is 65.5 Å². The van der Waals surface area contributed by atoms with Gasteiger partial charge >= 0.3 is 5.97 Å². The van der Waals surface area contributed by atoms with Crippen molar-refractivity contribution in [2.75, 3.05) is 7.11 Å². The number of ether oxygens (including phenoxy) is 1. The monoisotopic (exact) mass is 438 g/mol. The molecule has 160 valence electrons. The molecule has 0 saturated carbocycles. The summed E-state index contributed by atoms with van der Waals surface area (Å²) >= 11 is 6.26. The summed E-state index contributed by atoms with van der Waals surface area (Å²) in [4.78, 5) is 38.5. The Hall–Kier alpha value is -3.38. The van der Waals surface area contributed by atoms with Crippen LogP contribution in [0.25, 0.3) is 0 Å². The molecule has 0 aliphatic rings. The molecule has 0 saturated heterocycles. The molecular weight excluding hydrogens is 416 g/mol. The number of nitrogens with one attached hydrogen (secondary N) is 1. The number of carbonyl (C=O) groups excluding carboxylic acids is 2. The van der Waals surface area contributed by atoms with Crippen LogP contribution in [-0.4, -0.2) is 23.6 Å². The second-order valence-electron chi connectivity index (χ2n) is 7.15. The molecule has 1 amide bonds. The van der Waals surface area contributed by atoms with E-state index < -0.39 is 23.5 Å². The summed E-state index contributed by atoms with van der Waals surface area (Å²) in [5.74, 6) is -1.28. The number of hydrogen-bond donors (Lipinski definition) is 1. The van der Waals surface area contributed by atoms with Crippen LogP contribution in [0.4, 0.5) is 0 Å². The number of benzene rings is 2. The van der Waals surface area contributed by atoms with E-state index in [0.29, 0.717) is 10.6 Å². The molecule has 0 spiro atoms. The molecule has 1 atom stereocenters. The van der Waals surface area contributed by atoms with Crippen LogP contribution in [0.5, 0.6) is 0 Å². The largest absolute Gasteiger partial charge is 0.467 e. The van der Waals surface area contributed by atoms with Gasteiger partial charge in [0.15, 0.2) is 6.04 Å². The Labute approximate surface area is 185 Å². The maximum atomic E-state index is 13.2. The highest BCUT2D eigenvalue weighted by molar-refractivity contribution is 6.31. The third-order valence-electron chi connectivity index (χ3n) is 5.19. The fraction of sp³-hybridized carbons (Fsp3) is 0.208. The maximum absolute atomic E-state index is 13.2. The Morgan fingerprint density at radius 1 is 1.06 bits per heavy atom. The molecule has 0 aliphatic carbocycles. The lowest BCUT2D eigenvalue weighted by Gasteiger charge is -2.19. The Balaban J connectivity index is 1.99. The van der Waals surface area contributed by atoms with Crippen molar-refractivity contribution in [3.05, 3.63) is 104 Å². The average Bonchev–Trinajstić information content (AvgIpc) is 2.78. The number of carbonyl (C=O) groups is 2. The van der Waals surface area contributed by atoms with Gasteiger partial charge in [-0.2, -0.15) is 0 Å². The van der Waals surface area contributed by atoms with E-state index in [1.807, 2.05) is 32.0 Å². The molecule has 7 heteroatoms. The van der Waals surface area contributed by atoms with Crippen LogP contribution in [0.3, 0.4) is 0 Å². The van der Waals surface area contributed by atoms with E-state index in [0.717, 1.165) is 16.8 Å². The second-order valence-corrected chi connectivity index (χ2v) is 7.56. The molecule has 2 aromatic carbocycles. The second kappa shape index (κ2) is 9.62. The minimum Gasteiger partial charge on any atom is -0.467 e. The average molecular weight is 439 g/mol. The van der Waals surface area contributed by atoms with Crippen molar-refractivity contribution in [2.24, 2.45) is 0 Å². The summed E-state index contributed by atoms with van der Waals surface area (Å²) < 4.78 is 6.36. The molecule has 1 aromatic heterocycles. The molecule has 1 unspecified atom stereocenters. The van der Waals surface area contributed by atoms with Crippen molar-refractivity contribution in [1.82, 2.24) is 9.88 Å². The molecule has 0 aliphatic heterocycles. The fourth-order valence-corrected chi connectivity index (χ4v) is 3.49. The quantitative estimate of drug-likeness (QED) is 0.593. The van der Waals surface area contributed by atoms with Gasteiger partial charge in [0, 0.05) is 10.7 Å². The van der Waals surface area contributed by atoms with Crippen LogP contribution in [0, 0.1) is 13.8 Å². The van der Waals surface area contributed by atoms with E-state index in [2.05, 4.69) is 5.32 Å². The molecule has 6 nitrogen and oxygen atoms in total. The number of hydrogen-bond acceptors (Lipinski definition) is 4. The minimum absolute atomic E-state index is 0.0556. The summed E-state index contributed by atoms with van der Waals surface area (Å²) in [6.07, 6.45) is 0. The predicted octanol–water partition coefficient (Wildman–Crippen LogP) is 3.81. The summed E-state index contributed by atoms with van der Waals surface area (Å²) in [7, 11) is 1.25. The standard InChI is InChI=1S/C24H23ClN2O4/c1-15-13-19(22(28)26-21(24(30)31-3)17-9-5-4-6-10-17)23(29)27(16(15)2)14-18-11-7-8-12-20(18)25/h4-13,21H,14H2,1-3H3,(H,26,28). The molecule has 0 radical (unpaired) electrons.